The quantitative estimate of drug-likeness (QED) is 0.711. The van der Waals surface area contributed by atoms with Crippen molar-refractivity contribution in [3.05, 3.63) is 39.4 Å². The number of nitrogens with zero attached hydrogens (tertiary/aromatic N) is 4. The minimum atomic E-state index is 0.176. The maximum atomic E-state index is 13.7. The SMILES string of the molecule is CN1C[C@H]2C[C@@H](C1)C1=C(c3ccc4n(c3=O)C[C@H]3C[C@H]4CN(C)C3)CCC(=O)N1C2. The van der Waals surface area contributed by atoms with E-state index >= 15 is 0 Å². The predicted molar refractivity (Wildman–Crippen MR) is 116 cm³/mol. The molecule has 0 N–H and O–H groups in total. The second-order valence-electron chi connectivity index (χ2n) is 10.5. The number of hydrogen-bond donors (Lipinski definition) is 0. The van der Waals surface area contributed by atoms with Crippen LogP contribution in [0.25, 0.3) is 5.57 Å². The fraction of sp³-hybridized carbons (Fsp3) is 0.667. The molecule has 6 heteroatoms. The monoisotopic (exact) mass is 408 g/mol. The van der Waals surface area contributed by atoms with Crippen LogP contribution >= 0.6 is 0 Å². The van der Waals surface area contributed by atoms with E-state index in [1.807, 2.05) is 0 Å². The standard InChI is InChI=1S/C24H32N4O2/c1-25-9-15-7-17(13-25)21-5-3-20(24(30)27(21)11-15)19-4-6-22(29)28-12-16-8-18(23(19)28)14-26(2)10-16/h3,5,15-18H,4,6-14H2,1-2H3/t15-,16+,17-,18-/m0/s1. The van der Waals surface area contributed by atoms with Crippen LogP contribution in [-0.4, -0.2) is 72.0 Å². The van der Waals surface area contributed by atoms with Crippen molar-refractivity contribution in [1.29, 1.82) is 0 Å². The highest BCUT2D eigenvalue weighted by Gasteiger charge is 2.42. The van der Waals surface area contributed by atoms with Gasteiger partial charge in [-0.1, -0.05) is 0 Å². The van der Waals surface area contributed by atoms with Crippen molar-refractivity contribution in [2.45, 2.75) is 38.1 Å². The third-order valence-corrected chi connectivity index (χ3v) is 8.15. The van der Waals surface area contributed by atoms with Crippen LogP contribution in [-0.2, 0) is 11.3 Å². The molecule has 30 heavy (non-hydrogen) atoms. The van der Waals surface area contributed by atoms with Crippen LogP contribution in [0.3, 0.4) is 0 Å². The van der Waals surface area contributed by atoms with Gasteiger partial charge in [0.15, 0.2) is 0 Å². The average Bonchev–Trinajstić information content (AvgIpc) is 2.69. The largest absolute Gasteiger partial charge is 0.315 e. The van der Waals surface area contributed by atoms with E-state index in [-0.39, 0.29) is 11.5 Å². The van der Waals surface area contributed by atoms with Gasteiger partial charge in [-0.3, -0.25) is 9.59 Å². The van der Waals surface area contributed by atoms with Crippen molar-refractivity contribution in [1.82, 2.24) is 19.3 Å². The first-order valence-corrected chi connectivity index (χ1v) is 11.6. The molecule has 1 aromatic rings. The van der Waals surface area contributed by atoms with Crippen LogP contribution in [0, 0.1) is 17.8 Å². The van der Waals surface area contributed by atoms with Gasteiger partial charge in [0, 0.05) is 74.5 Å². The Morgan fingerprint density at radius 3 is 2.30 bits per heavy atom. The Balaban J connectivity index is 1.46. The zero-order valence-electron chi connectivity index (χ0n) is 18.1. The molecule has 0 aliphatic carbocycles. The molecule has 0 unspecified atom stereocenters. The number of allylic oxidation sites excluding steroid dienone is 1. The Hall–Kier alpha value is -1.92. The van der Waals surface area contributed by atoms with E-state index in [1.165, 1.54) is 17.8 Å². The van der Waals surface area contributed by atoms with Gasteiger partial charge in [-0.25, -0.2) is 0 Å². The fourth-order valence-electron chi connectivity index (χ4n) is 7.18. The summed E-state index contributed by atoms with van der Waals surface area (Å²) in [4.78, 5) is 33.4. The molecule has 5 aliphatic rings. The summed E-state index contributed by atoms with van der Waals surface area (Å²) in [6, 6.07) is 4.29. The number of amides is 1. The van der Waals surface area contributed by atoms with Gasteiger partial charge in [-0.15, -0.1) is 0 Å². The fourth-order valence-corrected chi connectivity index (χ4v) is 7.18. The highest BCUT2D eigenvalue weighted by atomic mass is 16.2. The smallest absolute Gasteiger partial charge is 0.258 e. The first-order chi connectivity index (χ1) is 14.5. The molecule has 0 radical (unpaired) electrons. The Morgan fingerprint density at radius 2 is 1.50 bits per heavy atom. The van der Waals surface area contributed by atoms with E-state index < -0.39 is 0 Å². The van der Waals surface area contributed by atoms with E-state index in [4.69, 9.17) is 0 Å². The molecule has 3 saturated heterocycles. The normalized spacial score (nSPS) is 34.1. The lowest BCUT2D eigenvalue weighted by Gasteiger charge is -2.49. The minimum absolute atomic E-state index is 0.176. The zero-order valence-corrected chi connectivity index (χ0v) is 18.1. The first kappa shape index (κ1) is 18.8. The van der Waals surface area contributed by atoms with E-state index in [2.05, 4.69) is 45.5 Å². The molecule has 4 atom stereocenters. The second kappa shape index (κ2) is 6.79. The zero-order chi connectivity index (χ0) is 20.6. The summed E-state index contributed by atoms with van der Waals surface area (Å²) in [6.07, 6.45) is 3.59. The molecule has 6 rings (SSSR count). The summed E-state index contributed by atoms with van der Waals surface area (Å²) in [5, 5.41) is 0. The van der Waals surface area contributed by atoms with Crippen molar-refractivity contribution < 1.29 is 4.79 Å². The summed E-state index contributed by atoms with van der Waals surface area (Å²) in [6.45, 7) is 5.84. The number of hydrogen-bond acceptors (Lipinski definition) is 4. The number of rotatable bonds is 1. The molecular formula is C24H32N4O2. The molecule has 6 nitrogen and oxygen atoms in total. The van der Waals surface area contributed by atoms with Crippen molar-refractivity contribution >= 4 is 11.5 Å². The van der Waals surface area contributed by atoms with E-state index in [9.17, 15) is 9.59 Å². The van der Waals surface area contributed by atoms with Gasteiger partial charge in [0.1, 0.15) is 0 Å². The third kappa shape index (κ3) is 2.83. The predicted octanol–water partition coefficient (Wildman–Crippen LogP) is 1.81. The second-order valence-corrected chi connectivity index (χ2v) is 10.5. The number of carbonyl (C=O) groups excluding carboxylic acids is 1. The van der Waals surface area contributed by atoms with E-state index in [1.54, 1.807) is 0 Å². The lowest BCUT2D eigenvalue weighted by molar-refractivity contribution is -0.132. The molecular weight excluding hydrogens is 376 g/mol. The maximum absolute atomic E-state index is 13.7. The van der Waals surface area contributed by atoms with Gasteiger partial charge >= 0.3 is 0 Å². The summed E-state index contributed by atoms with van der Waals surface area (Å²) >= 11 is 0. The molecule has 0 spiro atoms. The molecule has 0 aromatic carbocycles. The van der Waals surface area contributed by atoms with Crippen molar-refractivity contribution in [3.63, 3.8) is 0 Å². The van der Waals surface area contributed by atoms with Gasteiger partial charge in [0.2, 0.25) is 5.91 Å². The molecule has 0 saturated carbocycles. The molecule has 1 aromatic heterocycles. The Bertz CT molecular complexity index is 993. The van der Waals surface area contributed by atoms with Gasteiger partial charge < -0.3 is 19.3 Å². The number of fused-ring (bicyclic) bond motifs is 8. The average molecular weight is 409 g/mol. The number of likely N-dealkylation sites (tertiary alicyclic amines) is 2. The van der Waals surface area contributed by atoms with E-state index in [0.29, 0.717) is 36.5 Å². The number of carbonyl (C=O) groups is 1. The number of likely N-dealkylation sites (N-methyl/N-ethyl adjacent to an activating group) is 1. The summed E-state index contributed by atoms with van der Waals surface area (Å²) in [5.41, 5.74) is 4.56. The molecule has 6 heterocycles. The highest BCUT2D eigenvalue weighted by Crippen LogP contribution is 2.43. The van der Waals surface area contributed by atoms with Crippen molar-refractivity contribution in [2.24, 2.45) is 17.8 Å². The van der Waals surface area contributed by atoms with Crippen molar-refractivity contribution in [2.75, 3.05) is 46.8 Å². The Morgan fingerprint density at radius 1 is 0.800 bits per heavy atom. The van der Waals surface area contributed by atoms with Crippen LogP contribution in [0.1, 0.15) is 42.9 Å². The van der Waals surface area contributed by atoms with Crippen LogP contribution in [0.15, 0.2) is 22.6 Å². The number of piperidine rings is 3. The summed E-state index contributed by atoms with van der Waals surface area (Å²) in [5.74, 6) is 2.22. The molecule has 160 valence electrons. The molecule has 4 bridgehead atoms. The van der Waals surface area contributed by atoms with Crippen LogP contribution in [0.5, 0.6) is 0 Å². The summed E-state index contributed by atoms with van der Waals surface area (Å²) < 4.78 is 2.08. The molecule has 5 aliphatic heterocycles. The minimum Gasteiger partial charge on any atom is -0.315 e. The maximum Gasteiger partial charge on any atom is 0.258 e. The Labute approximate surface area is 178 Å². The van der Waals surface area contributed by atoms with E-state index in [0.717, 1.165) is 56.8 Å². The lowest BCUT2D eigenvalue weighted by Crippen LogP contribution is -2.53. The van der Waals surface area contributed by atoms with Gasteiger partial charge in [-0.2, -0.15) is 0 Å². The van der Waals surface area contributed by atoms with Crippen LogP contribution in [0.4, 0.5) is 0 Å². The van der Waals surface area contributed by atoms with Crippen molar-refractivity contribution in [3.8, 4) is 0 Å². The van der Waals surface area contributed by atoms with Gasteiger partial charge in [0.25, 0.3) is 5.56 Å². The topological polar surface area (TPSA) is 48.8 Å². The highest BCUT2D eigenvalue weighted by molar-refractivity contribution is 5.87. The third-order valence-electron chi connectivity index (χ3n) is 8.15. The van der Waals surface area contributed by atoms with Gasteiger partial charge in [0.05, 0.1) is 0 Å². The number of aromatic nitrogens is 1. The number of pyridine rings is 1. The van der Waals surface area contributed by atoms with Gasteiger partial charge in [-0.05, 0) is 62.9 Å². The Kier molecular flexibility index (Phi) is 4.26. The molecule has 3 fully saturated rings. The lowest BCUT2D eigenvalue weighted by atomic mass is 9.77. The summed E-state index contributed by atoms with van der Waals surface area (Å²) in [7, 11) is 4.38. The van der Waals surface area contributed by atoms with Crippen LogP contribution in [0.2, 0.25) is 0 Å². The first-order valence-electron chi connectivity index (χ1n) is 11.6. The van der Waals surface area contributed by atoms with Crippen LogP contribution < -0.4 is 5.56 Å². The molecule has 1 amide bonds.